The minimum Gasteiger partial charge on any atom is -0.481 e. The van der Waals surface area contributed by atoms with Crippen LogP contribution >= 0.6 is 0 Å². The number of hydrogen-bond acceptors (Lipinski definition) is 2. The van der Waals surface area contributed by atoms with Crippen LogP contribution in [0, 0.1) is 5.41 Å². The first kappa shape index (κ1) is 12.1. The molecule has 0 saturated heterocycles. The molecule has 1 N–H and O–H groups in total. The van der Waals surface area contributed by atoms with Crippen LogP contribution in [-0.2, 0) is 11.2 Å². The fourth-order valence-electron chi connectivity index (χ4n) is 2.88. The molecular weight excluding hydrogens is 214 g/mol. The molecule has 92 valence electrons. The van der Waals surface area contributed by atoms with Gasteiger partial charge in [0.25, 0.3) is 0 Å². The molecule has 3 heteroatoms. The molecule has 17 heavy (non-hydrogen) atoms. The smallest absolute Gasteiger partial charge is 0.303 e. The van der Waals surface area contributed by atoms with Gasteiger partial charge < -0.3 is 5.11 Å². The predicted octanol–water partition coefficient (Wildman–Crippen LogP) is 3.00. The van der Waals surface area contributed by atoms with Gasteiger partial charge >= 0.3 is 5.97 Å². The second kappa shape index (κ2) is 4.47. The van der Waals surface area contributed by atoms with Crippen LogP contribution in [0.4, 0.5) is 0 Å². The van der Waals surface area contributed by atoms with E-state index in [1.54, 1.807) is 0 Å². The van der Waals surface area contributed by atoms with Crippen LogP contribution in [0.1, 0.15) is 50.3 Å². The second-order valence-electron chi connectivity index (χ2n) is 5.55. The van der Waals surface area contributed by atoms with Crippen molar-refractivity contribution >= 4 is 5.97 Å². The van der Waals surface area contributed by atoms with Crippen LogP contribution in [0.15, 0.2) is 18.3 Å². The maximum absolute atomic E-state index is 10.9. The molecule has 2 rings (SSSR count). The average Bonchev–Trinajstić information content (AvgIpc) is 2.26. The van der Waals surface area contributed by atoms with Crippen LogP contribution in [0.3, 0.4) is 0 Å². The van der Waals surface area contributed by atoms with Gasteiger partial charge in [0.1, 0.15) is 0 Å². The van der Waals surface area contributed by atoms with Gasteiger partial charge in [0.05, 0.1) is 6.42 Å². The normalized spacial score (nSPS) is 19.8. The molecule has 0 spiro atoms. The van der Waals surface area contributed by atoms with Gasteiger partial charge in [0.15, 0.2) is 0 Å². The topological polar surface area (TPSA) is 50.2 Å². The summed E-state index contributed by atoms with van der Waals surface area (Å²) < 4.78 is 0. The summed E-state index contributed by atoms with van der Waals surface area (Å²) in [5.41, 5.74) is 2.18. The van der Waals surface area contributed by atoms with Gasteiger partial charge in [0.2, 0.25) is 0 Å². The van der Waals surface area contributed by atoms with E-state index in [0.717, 1.165) is 25.0 Å². The minimum atomic E-state index is -0.724. The zero-order valence-electron chi connectivity index (χ0n) is 10.4. The number of fused-ring (bicyclic) bond motifs is 1. The highest BCUT2D eigenvalue weighted by Gasteiger charge is 2.36. The van der Waals surface area contributed by atoms with Gasteiger partial charge in [-0.3, -0.25) is 9.78 Å². The van der Waals surface area contributed by atoms with Crippen molar-refractivity contribution in [2.75, 3.05) is 0 Å². The van der Waals surface area contributed by atoms with Crippen molar-refractivity contribution in [3.63, 3.8) is 0 Å². The van der Waals surface area contributed by atoms with Gasteiger partial charge in [-0.25, -0.2) is 0 Å². The minimum absolute atomic E-state index is 0.202. The summed E-state index contributed by atoms with van der Waals surface area (Å²) in [6.07, 6.45) is 5.27. The lowest BCUT2D eigenvalue weighted by Crippen LogP contribution is -2.29. The Bertz CT molecular complexity index is 426. The van der Waals surface area contributed by atoms with E-state index >= 15 is 0 Å². The number of aryl methyl sites for hydroxylation is 1. The van der Waals surface area contributed by atoms with E-state index in [1.165, 1.54) is 5.56 Å². The van der Waals surface area contributed by atoms with Gasteiger partial charge in [-0.15, -0.1) is 0 Å². The van der Waals surface area contributed by atoms with Crippen molar-refractivity contribution in [3.8, 4) is 0 Å². The van der Waals surface area contributed by atoms with Gasteiger partial charge in [-0.05, 0) is 36.3 Å². The zero-order chi connectivity index (χ0) is 12.5. The molecule has 0 aliphatic heterocycles. The van der Waals surface area contributed by atoms with E-state index in [9.17, 15) is 4.79 Å². The average molecular weight is 233 g/mol. The van der Waals surface area contributed by atoms with Gasteiger partial charge in [-0.1, -0.05) is 19.9 Å². The van der Waals surface area contributed by atoms with Crippen molar-refractivity contribution in [2.45, 2.75) is 45.4 Å². The zero-order valence-corrected chi connectivity index (χ0v) is 10.4. The van der Waals surface area contributed by atoms with Crippen LogP contribution in [0.5, 0.6) is 0 Å². The van der Waals surface area contributed by atoms with Crippen LogP contribution in [-0.4, -0.2) is 16.1 Å². The largest absolute Gasteiger partial charge is 0.481 e. The van der Waals surface area contributed by atoms with Crippen molar-refractivity contribution in [1.29, 1.82) is 0 Å². The first-order valence-corrected chi connectivity index (χ1v) is 6.16. The first-order chi connectivity index (χ1) is 8.00. The number of nitrogens with zero attached hydrogens (tertiary/aromatic N) is 1. The lowest BCUT2D eigenvalue weighted by Gasteiger charge is -2.36. The number of carboxylic acids is 1. The first-order valence-electron chi connectivity index (χ1n) is 6.16. The third kappa shape index (κ3) is 2.48. The summed E-state index contributed by atoms with van der Waals surface area (Å²) in [4.78, 5) is 15.4. The summed E-state index contributed by atoms with van der Waals surface area (Å²) in [7, 11) is 0. The van der Waals surface area contributed by atoms with Crippen molar-refractivity contribution < 1.29 is 9.90 Å². The van der Waals surface area contributed by atoms with Gasteiger partial charge in [-0.2, -0.15) is 0 Å². The number of aliphatic carboxylic acids is 1. The Labute approximate surface area is 102 Å². The Kier molecular flexibility index (Phi) is 3.18. The molecule has 1 atom stereocenters. The van der Waals surface area contributed by atoms with E-state index in [1.807, 2.05) is 26.1 Å². The fourth-order valence-corrected chi connectivity index (χ4v) is 2.88. The number of rotatable bonds is 3. The number of hydrogen-bond donors (Lipinski definition) is 1. The summed E-state index contributed by atoms with van der Waals surface area (Å²) in [5, 5.41) is 9.01. The maximum atomic E-state index is 10.9. The predicted molar refractivity (Wildman–Crippen MR) is 65.9 cm³/mol. The van der Waals surface area contributed by atoms with Crippen molar-refractivity contribution in [2.24, 2.45) is 5.41 Å². The van der Waals surface area contributed by atoms with E-state index in [-0.39, 0.29) is 17.8 Å². The highest BCUT2D eigenvalue weighted by Crippen LogP contribution is 2.44. The number of pyridine rings is 1. The second-order valence-corrected chi connectivity index (χ2v) is 5.55. The van der Waals surface area contributed by atoms with E-state index in [2.05, 4.69) is 11.1 Å². The van der Waals surface area contributed by atoms with E-state index < -0.39 is 5.97 Å². The molecule has 1 aliphatic rings. The molecule has 0 radical (unpaired) electrons. The number of aromatic nitrogens is 1. The summed E-state index contributed by atoms with van der Waals surface area (Å²) in [6, 6.07) is 4.08. The molecule has 3 nitrogen and oxygen atoms in total. The standard InChI is InChI=1S/C14H19NO2/c1-14(2,9-12(16)17)11-7-3-5-10-6-4-8-15-13(10)11/h4,6,8,11H,3,5,7,9H2,1-2H3,(H,16,17). The molecule has 0 aromatic carbocycles. The maximum Gasteiger partial charge on any atom is 0.303 e. The lowest BCUT2D eigenvalue weighted by molar-refractivity contribution is -0.139. The molecule has 0 bridgehead atoms. The Morgan fingerprint density at radius 1 is 1.59 bits per heavy atom. The van der Waals surface area contributed by atoms with Crippen LogP contribution < -0.4 is 0 Å². The van der Waals surface area contributed by atoms with Crippen molar-refractivity contribution in [3.05, 3.63) is 29.6 Å². The highest BCUT2D eigenvalue weighted by atomic mass is 16.4. The Morgan fingerprint density at radius 3 is 3.06 bits per heavy atom. The Balaban J connectivity index is 2.32. The summed E-state index contributed by atoms with van der Waals surface area (Å²) in [6.45, 7) is 4.07. The Morgan fingerprint density at radius 2 is 2.35 bits per heavy atom. The van der Waals surface area contributed by atoms with E-state index in [0.29, 0.717) is 0 Å². The molecule has 1 aromatic rings. The number of carbonyl (C=O) groups is 1. The van der Waals surface area contributed by atoms with Gasteiger partial charge in [0, 0.05) is 17.8 Å². The van der Waals surface area contributed by atoms with Crippen molar-refractivity contribution in [1.82, 2.24) is 4.98 Å². The summed E-state index contributed by atoms with van der Waals surface area (Å²) in [5.74, 6) is -0.457. The molecule has 0 saturated carbocycles. The Hall–Kier alpha value is -1.38. The molecule has 0 fully saturated rings. The SMILES string of the molecule is CC(C)(CC(=O)O)C1CCCc2cccnc21. The molecule has 1 aliphatic carbocycles. The number of carboxylic acid groups (broad SMARTS) is 1. The molecule has 1 unspecified atom stereocenters. The van der Waals surface area contributed by atoms with Crippen LogP contribution in [0.25, 0.3) is 0 Å². The third-order valence-corrected chi connectivity index (χ3v) is 3.75. The highest BCUT2D eigenvalue weighted by molar-refractivity contribution is 5.67. The molecule has 0 amide bonds. The summed E-state index contributed by atoms with van der Waals surface area (Å²) >= 11 is 0. The monoisotopic (exact) mass is 233 g/mol. The molecule has 1 heterocycles. The third-order valence-electron chi connectivity index (χ3n) is 3.75. The fraction of sp³-hybridized carbons (Fsp3) is 0.571. The lowest BCUT2D eigenvalue weighted by atomic mass is 9.69. The van der Waals surface area contributed by atoms with Crippen LogP contribution in [0.2, 0.25) is 0 Å². The van der Waals surface area contributed by atoms with E-state index in [4.69, 9.17) is 5.11 Å². The molecule has 1 aromatic heterocycles. The molecular formula is C14H19NO2. The quantitative estimate of drug-likeness (QED) is 0.873.